The van der Waals surface area contributed by atoms with Crippen LogP contribution in [0.3, 0.4) is 0 Å². The molecule has 2 atom stereocenters. The lowest BCUT2D eigenvalue weighted by Crippen LogP contribution is -2.45. The molecule has 6 nitrogen and oxygen atoms in total. The predicted molar refractivity (Wildman–Crippen MR) is 259 cm³/mol. The van der Waals surface area contributed by atoms with Crippen LogP contribution in [0, 0.1) is 0 Å². The summed E-state index contributed by atoms with van der Waals surface area (Å²) in [4.78, 5) is 24.5. The van der Waals surface area contributed by atoms with Gasteiger partial charge in [0, 0.05) is 12.8 Å². The van der Waals surface area contributed by atoms with Crippen LogP contribution in [-0.4, -0.2) is 47.4 Å². The monoisotopic (exact) mass is 844 g/mol. The molecule has 0 saturated heterocycles. The van der Waals surface area contributed by atoms with Crippen LogP contribution in [0.25, 0.3) is 0 Å². The highest BCUT2D eigenvalue weighted by Crippen LogP contribution is 2.15. The molecule has 6 heteroatoms. The van der Waals surface area contributed by atoms with Gasteiger partial charge in [-0.1, -0.05) is 230 Å². The maximum Gasteiger partial charge on any atom is 0.305 e. The SMILES string of the molecule is CCCCCC/C=C\C/C=C\CCCCCCCCCC(=O)OCCCCCCCCCCCC(=O)NC(CO)C(O)/C=C/CCCCCCCCCCCCCCCC. The first-order chi connectivity index (χ1) is 29.5. The number of amides is 1. The highest BCUT2D eigenvalue weighted by Gasteiger charge is 2.18. The van der Waals surface area contributed by atoms with Gasteiger partial charge in [0.1, 0.15) is 0 Å². The van der Waals surface area contributed by atoms with Crippen molar-refractivity contribution in [2.75, 3.05) is 13.2 Å². The second kappa shape index (κ2) is 49.7. The van der Waals surface area contributed by atoms with E-state index in [1.807, 2.05) is 6.08 Å². The normalized spacial score (nSPS) is 12.9. The second-order valence-electron chi connectivity index (χ2n) is 17.9. The molecule has 0 aromatic rings. The second-order valence-corrected chi connectivity index (χ2v) is 17.9. The molecule has 3 N–H and O–H groups in total. The van der Waals surface area contributed by atoms with Crippen molar-refractivity contribution in [3.8, 4) is 0 Å². The number of carbonyl (C=O) groups is 2. The third-order valence-electron chi connectivity index (χ3n) is 11.9. The van der Waals surface area contributed by atoms with Gasteiger partial charge in [0.05, 0.1) is 25.4 Å². The first kappa shape index (κ1) is 58.1. The van der Waals surface area contributed by atoms with E-state index in [9.17, 15) is 19.8 Å². The Morgan fingerprint density at radius 3 is 1.28 bits per heavy atom. The van der Waals surface area contributed by atoms with Gasteiger partial charge in [0.25, 0.3) is 0 Å². The molecule has 0 heterocycles. The molecule has 2 unspecified atom stereocenters. The third-order valence-corrected chi connectivity index (χ3v) is 11.9. The molecule has 352 valence electrons. The van der Waals surface area contributed by atoms with E-state index in [0.717, 1.165) is 64.2 Å². The average molecular weight is 844 g/mol. The number of ether oxygens (including phenoxy) is 1. The molecule has 0 aliphatic rings. The predicted octanol–water partition coefficient (Wildman–Crippen LogP) is 15.7. The highest BCUT2D eigenvalue weighted by atomic mass is 16.5. The van der Waals surface area contributed by atoms with Gasteiger partial charge in [0.15, 0.2) is 0 Å². The quantitative estimate of drug-likeness (QED) is 0.0322. The summed E-state index contributed by atoms with van der Waals surface area (Å²) < 4.78 is 5.45. The Morgan fingerprint density at radius 1 is 0.467 bits per heavy atom. The Bertz CT molecular complexity index is 977. The van der Waals surface area contributed by atoms with E-state index in [0.29, 0.717) is 19.4 Å². The fraction of sp³-hybridized carbons (Fsp3) is 0.852. The van der Waals surface area contributed by atoms with Crippen molar-refractivity contribution >= 4 is 11.9 Å². The van der Waals surface area contributed by atoms with Crippen LogP contribution in [0.1, 0.15) is 271 Å². The third kappa shape index (κ3) is 45.6. The lowest BCUT2D eigenvalue weighted by molar-refractivity contribution is -0.143. The lowest BCUT2D eigenvalue weighted by Gasteiger charge is -2.20. The van der Waals surface area contributed by atoms with Crippen LogP contribution in [0.4, 0.5) is 0 Å². The Labute approximate surface area is 373 Å². The van der Waals surface area contributed by atoms with Gasteiger partial charge in [-0.25, -0.2) is 0 Å². The highest BCUT2D eigenvalue weighted by molar-refractivity contribution is 5.76. The van der Waals surface area contributed by atoms with E-state index in [1.54, 1.807) is 6.08 Å². The van der Waals surface area contributed by atoms with Crippen LogP contribution in [-0.2, 0) is 14.3 Å². The van der Waals surface area contributed by atoms with Gasteiger partial charge in [-0.05, 0) is 64.2 Å². The number of nitrogens with one attached hydrogen (secondary N) is 1. The summed E-state index contributed by atoms with van der Waals surface area (Å²) in [7, 11) is 0. The van der Waals surface area contributed by atoms with Crippen molar-refractivity contribution in [1.82, 2.24) is 5.32 Å². The summed E-state index contributed by atoms with van der Waals surface area (Å²) in [5, 5.41) is 23.1. The minimum absolute atomic E-state index is 0.0349. The Kier molecular flexibility index (Phi) is 48.1. The number of carbonyl (C=O) groups excluding carboxylic acids is 2. The zero-order chi connectivity index (χ0) is 43.7. The van der Waals surface area contributed by atoms with Crippen molar-refractivity contribution < 1.29 is 24.5 Å². The van der Waals surface area contributed by atoms with Crippen LogP contribution < -0.4 is 5.32 Å². The van der Waals surface area contributed by atoms with Gasteiger partial charge in [-0.15, -0.1) is 0 Å². The van der Waals surface area contributed by atoms with E-state index in [4.69, 9.17) is 4.74 Å². The number of hydrogen-bond acceptors (Lipinski definition) is 5. The molecule has 0 aliphatic carbocycles. The van der Waals surface area contributed by atoms with Crippen LogP contribution in [0.5, 0.6) is 0 Å². The fourth-order valence-electron chi connectivity index (χ4n) is 7.84. The summed E-state index contributed by atoms with van der Waals surface area (Å²) in [5.74, 6) is -0.131. The lowest BCUT2D eigenvalue weighted by atomic mass is 10.0. The molecule has 0 aromatic heterocycles. The minimum atomic E-state index is -0.863. The number of allylic oxidation sites excluding steroid dienone is 5. The van der Waals surface area contributed by atoms with Crippen molar-refractivity contribution in [2.45, 2.75) is 283 Å². The Balaban J connectivity index is 3.53. The number of hydrogen-bond donors (Lipinski definition) is 3. The van der Waals surface area contributed by atoms with E-state index in [2.05, 4.69) is 43.5 Å². The Morgan fingerprint density at radius 2 is 0.833 bits per heavy atom. The summed E-state index contributed by atoms with van der Waals surface area (Å²) in [6.07, 6.45) is 60.0. The maximum atomic E-state index is 12.4. The summed E-state index contributed by atoms with van der Waals surface area (Å²) in [6.45, 7) is 4.82. The van der Waals surface area contributed by atoms with Crippen LogP contribution >= 0.6 is 0 Å². The molecule has 0 bridgehead atoms. The van der Waals surface area contributed by atoms with Crippen molar-refractivity contribution in [2.24, 2.45) is 0 Å². The summed E-state index contributed by atoms with van der Waals surface area (Å²) >= 11 is 0. The van der Waals surface area contributed by atoms with E-state index >= 15 is 0 Å². The van der Waals surface area contributed by atoms with Gasteiger partial charge in [-0.3, -0.25) is 9.59 Å². The number of rotatable bonds is 48. The molecular weight excluding hydrogens is 743 g/mol. The number of esters is 1. The molecule has 0 fully saturated rings. The molecule has 0 aromatic carbocycles. The van der Waals surface area contributed by atoms with E-state index < -0.39 is 12.1 Å². The number of aliphatic hydroxyl groups is 2. The van der Waals surface area contributed by atoms with Crippen LogP contribution in [0.2, 0.25) is 0 Å². The molecule has 1 amide bonds. The maximum absolute atomic E-state index is 12.4. The van der Waals surface area contributed by atoms with E-state index in [-0.39, 0.29) is 18.5 Å². The smallest absolute Gasteiger partial charge is 0.305 e. The summed E-state index contributed by atoms with van der Waals surface area (Å²) in [5.41, 5.74) is 0. The van der Waals surface area contributed by atoms with Crippen molar-refractivity contribution in [1.29, 1.82) is 0 Å². The topological polar surface area (TPSA) is 95.9 Å². The molecule has 60 heavy (non-hydrogen) atoms. The first-order valence-corrected chi connectivity index (χ1v) is 26.3. The fourth-order valence-corrected chi connectivity index (χ4v) is 7.84. The molecule has 0 aliphatic heterocycles. The van der Waals surface area contributed by atoms with Gasteiger partial charge < -0.3 is 20.3 Å². The van der Waals surface area contributed by atoms with Crippen molar-refractivity contribution in [3.05, 3.63) is 36.5 Å². The zero-order valence-electron chi connectivity index (χ0n) is 39.9. The summed E-state index contributed by atoms with van der Waals surface area (Å²) in [6, 6.07) is -0.649. The zero-order valence-corrected chi connectivity index (χ0v) is 39.9. The molecule has 0 spiro atoms. The number of aliphatic hydroxyl groups excluding tert-OH is 2. The standard InChI is InChI=1S/C54H101NO5/c1-3-5-7-9-11-13-15-17-19-21-22-24-26-28-32-36-40-44-48-54(59)60-49-45-41-37-33-29-31-35-39-43-47-53(58)55-51(50-56)52(57)46-42-38-34-30-27-25-23-20-18-16-14-12-10-8-6-4-2/h13,15,19,21,42,46,51-52,56-57H,3-12,14,16-18,20,22-41,43-45,47-50H2,1-2H3,(H,55,58)/b15-13-,21-19-,46-42+. The van der Waals surface area contributed by atoms with Crippen molar-refractivity contribution in [3.63, 3.8) is 0 Å². The molecule has 0 radical (unpaired) electrons. The Hall–Kier alpha value is -1.92. The average Bonchev–Trinajstić information content (AvgIpc) is 3.25. The molecular formula is C54H101NO5. The van der Waals surface area contributed by atoms with Gasteiger partial charge in [-0.2, -0.15) is 0 Å². The molecule has 0 saturated carbocycles. The molecule has 0 rings (SSSR count). The number of unbranched alkanes of at least 4 members (excludes halogenated alkanes) is 33. The van der Waals surface area contributed by atoms with E-state index in [1.165, 1.54) is 180 Å². The largest absolute Gasteiger partial charge is 0.466 e. The van der Waals surface area contributed by atoms with Gasteiger partial charge >= 0.3 is 5.97 Å². The van der Waals surface area contributed by atoms with Gasteiger partial charge in [0.2, 0.25) is 5.91 Å². The minimum Gasteiger partial charge on any atom is -0.466 e. The van der Waals surface area contributed by atoms with Crippen LogP contribution in [0.15, 0.2) is 36.5 Å². The first-order valence-electron chi connectivity index (χ1n) is 26.3.